The minimum absolute atomic E-state index is 0.0701. The summed E-state index contributed by atoms with van der Waals surface area (Å²) in [6.45, 7) is 3.42. The van der Waals surface area contributed by atoms with Crippen LogP contribution in [0.4, 0.5) is 16.2 Å². The molecule has 1 aromatic heterocycles. The van der Waals surface area contributed by atoms with E-state index in [0.717, 1.165) is 0 Å². The highest BCUT2D eigenvalue weighted by Gasteiger charge is 2.36. The summed E-state index contributed by atoms with van der Waals surface area (Å²) in [5.41, 5.74) is 1.55. The second-order valence-electron chi connectivity index (χ2n) is 11.5. The Bertz CT molecular complexity index is 1860. The van der Waals surface area contributed by atoms with Gasteiger partial charge in [0.1, 0.15) is 11.9 Å². The number of methoxy groups -OCH3 is 1. The Morgan fingerprint density at radius 3 is 2.48 bits per heavy atom. The number of nitrogens with zero attached hydrogens (tertiary/aromatic N) is 4. The molecule has 1 aliphatic heterocycles. The van der Waals surface area contributed by atoms with E-state index in [0.29, 0.717) is 22.8 Å². The number of amides is 3. The number of aromatic nitrogens is 2. The molecule has 0 spiro atoms. The van der Waals surface area contributed by atoms with Gasteiger partial charge in [-0.25, -0.2) is 23.2 Å². The smallest absolute Gasteiger partial charge is 0.323 e. The van der Waals surface area contributed by atoms with Crippen LogP contribution in [0.5, 0.6) is 11.5 Å². The molecule has 0 saturated carbocycles. The van der Waals surface area contributed by atoms with Gasteiger partial charge >= 0.3 is 6.03 Å². The number of sulfonamides is 1. The van der Waals surface area contributed by atoms with Gasteiger partial charge in [-0.15, -0.1) is 0 Å². The van der Waals surface area contributed by atoms with Crippen molar-refractivity contribution in [3.8, 4) is 22.9 Å². The number of rotatable bonds is 10. The van der Waals surface area contributed by atoms with Crippen molar-refractivity contribution < 1.29 is 32.6 Å². The first-order chi connectivity index (χ1) is 23.0. The molecule has 3 atom stereocenters. The molecule has 0 bridgehead atoms. The molecule has 3 aromatic carbocycles. The van der Waals surface area contributed by atoms with Crippen LogP contribution in [0.25, 0.3) is 11.4 Å². The zero-order valence-corrected chi connectivity index (χ0v) is 27.8. The number of carbonyl (C=O) groups is 2. The van der Waals surface area contributed by atoms with Gasteiger partial charge in [0.15, 0.2) is 11.6 Å². The Morgan fingerprint density at radius 1 is 1.08 bits per heavy atom. The number of benzene rings is 3. The van der Waals surface area contributed by atoms with Crippen LogP contribution in [0.1, 0.15) is 24.2 Å². The molecule has 2 heterocycles. The van der Waals surface area contributed by atoms with Gasteiger partial charge in [0.2, 0.25) is 10.0 Å². The maximum absolute atomic E-state index is 13.8. The van der Waals surface area contributed by atoms with Gasteiger partial charge in [0, 0.05) is 43.2 Å². The summed E-state index contributed by atoms with van der Waals surface area (Å²) in [6.07, 6.45) is 2.50. The van der Waals surface area contributed by atoms with E-state index in [9.17, 15) is 23.1 Å². The molecule has 4 aromatic rings. The monoisotopic (exact) mass is 674 g/mol. The molecule has 0 aliphatic carbocycles. The van der Waals surface area contributed by atoms with E-state index in [1.54, 1.807) is 73.9 Å². The number of urea groups is 1. The van der Waals surface area contributed by atoms with Crippen molar-refractivity contribution in [2.75, 3.05) is 44.5 Å². The third-order valence-corrected chi connectivity index (χ3v) is 9.93. The van der Waals surface area contributed by atoms with Crippen molar-refractivity contribution in [1.29, 1.82) is 0 Å². The van der Waals surface area contributed by atoms with E-state index in [1.807, 2.05) is 13.0 Å². The zero-order valence-electron chi connectivity index (χ0n) is 27.0. The van der Waals surface area contributed by atoms with E-state index in [2.05, 4.69) is 20.6 Å². The van der Waals surface area contributed by atoms with Crippen molar-refractivity contribution in [2.45, 2.75) is 30.9 Å². The lowest BCUT2D eigenvalue weighted by Gasteiger charge is -2.38. The number of aliphatic hydroxyl groups is 1. The molecule has 252 valence electrons. The Balaban J connectivity index is 1.44. The Kier molecular flexibility index (Phi) is 10.6. The Hall–Kier alpha value is -5.05. The standard InChI is InChI=1S/C34H38N6O7S/c1-22-19-40(23(2)21-41)33(42)28-10-6-11-29(38-34(43)37-25-9-5-8-24(18-25)32-35-16-7-17-36-32)31(28)47-30(22)20-39(3)48(44,45)27-14-12-26(46-4)13-15-27/h5-18,22-23,30,41H,19-21H2,1-4H3,(H2,37,38,43)/t22-,23+,30+/m1/s1. The molecule has 1 aliphatic rings. The molecule has 0 radical (unpaired) electrons. The summed E-state index contributed by atoms with van der Waals surface area (Å²) in [7, 11) is -0.972. The summed E-state index contributed by atoms with van der Waals surface area (Å²) in [4.78, 5) is 37.3. The average Bonchev–Trinajstić information content (AvgIpc) is 3.10. The summed E-state index contributed by atoms with van der Waals surface area (Å²) in [5.74, 6) is 0.338. The summed E-state index contributed by atoms with van der Waals surface area (Å²) in [6, 6.07) is 18.5. The van der Waals surface area contributed by atoms with Crippen LogP contribution in [0.2, 0.25) is 0 Å². The Labute approximate surface area is 279 Å². The highest BCUT2D eigenvalue weighted by molar-refractivity contribution is 7.89. The first kappa shape index (κ1) is 34.3. The summed E-state index contributed by atoms with van der Waals surface area (Å²) >= 11 is 0. The lowest BCUT2D eigenvalue weighted by Crippen LogP contribution is -2.50. The van der Waals surface area contributed by atoms with E-state index in [4.69, 9.17) is 9.47 Å². The van der Waals surface area contributed by atoms with Crippen LogP contribution in [0.15, 0.2) is 90.1 Å². The lowest BCUT2D eigenvalue weighted by molar-refractivity contribution is 0.0389. The molecular weight excluding hydrogens is 636 g/mol. The molecule has 48 heavy (non-hydrogen) atoms. The van der Waals surface area contributed by atoms with Gasteiger partial charge in [-0.3, -0.25) is 4.79 Å². The van der Waals surface area contributed by atoms with Crippen LogP contribution in [-0.4, -0.2) is 90.6 Å². The first-order valence-corrected chi connectivity index (χ1v) is 16.7. The van der Waals surface area contributed by atoms with Crippen LogP contribution in [0.3, 0.4) is 0 Å². The Morgan fingerprint density at radius 2 is 1.79 bits per heavy atom. The van der Waals surface area contributed by atoms with Gasteiger partial charge in [-0.1, -0.05) is 25.1 Å². The number of aliphatic hydroxyl groups excluding tert-OH is 1. The molecule has 0 unspecified atom stereocenters. The van der Waals surface area contributed by atoms with Crippen LogP contribution < -0.4 is 20.1 Å². The number of hydrogen-bond donors (Lipinski definition) is 3. The van der Waals surface area contributed by atoms with Crippen molar-refractivity contribution in [1.82, 2.24) is 19.2 Å². The molecule has 0 fully saturated rings. The highest BCUT2D eigenvalue weighted by atomic mass is 32.2. The van der Waals surface area contributed by atoms with Crippen LogP contribution in [0, 0.1) is 5.92 Å². The highest BCUT2D eigenvalue weighted by Crippen LogP contribution is 2.35. The predicted molar refractivity (Wildman–Crippen MR) is 181 cm³/mol. The van der Waals surface area contributed by atoms with Crippen molar-refractivity contribution in [3.05, 3.63) is 90.8 Å². The second-order valence-corrected chi connectivity index (χ2v) is 13.5. The van der Waals surface area contributed by atoms with Crippen LogP contribution >= 0.6 is 0 Å². The predicted octanol–water partition coefficient (Wildman–Crippen LogP) is 4.34. The largest absolute Gasteiger partial charge is 0.497 e. The van der Waals surface area contributed by atoms with Crippen molar-refractivity contribution in [3.63, 3.8) is 0 Å². The SMILES string of the molecule is COc1ccc(S(=O)(=O)N(C)C[C@@H]2Oc3c(NC(=O)Nc4cccc(-c5ncccn5)c4)cccc3C(=O)N([C@@H](C)CO)C[C@H]2C)cc1. The number of nitrogens with one attached hydrogen (secondary N) is 2. The maximum Gasteiger partial charge on any atom is 0.323 e. The summed E-state index contributed by atoms with van der Waals surface area (Å²) in [5, 5.41) is 15.6. The molecule has 0 saturated heterocycles. The van der Waals surface area contributed by atoms with Gasteiger partial charge in [0.25, 0.3) is 5.91 Å². The minimum Gasteiger partial charge on any atom is -0.497 e. The number of carbonyl (C=O) groups excluding carboxylic acids is 2. The molecule has 14 heteroatoms. The minimum atomic E-state index is -3.93. The second kappa shape index (κ2) is 14.8. The fourth-order valence-corrected chi connectivity index (χ4v) is 6.49. The van der Waals surface area contributed by atoms with E-state index in [1.165, 1.54) is 35.5 Å². The normalized spacial score (nSPS) is 17.0. The quantitative estimate of drug-likeness (QED) is 0.222. The zero-order chi connectivity index (χ0) is 34.4. The number of para-hydroxylation sites is 1. The number of fused-ring (bicyclic) bond motifs is 1. The first-order valence-electron chi connectivity index (χ1n) is 15.3. The third-order valence-electron chi connectivity index (χ3n) is 8.09. The fourth-order valence-electron chi connectivity index (χ4n) is 5.31. The van der Waals surface area contributed by atoms with Gasteiger partial charge in [-0.05, 0) is 61.5 Å². The van der Waals surface area contributed by atoms with Gasteiger partial charge in [0.05, 0.1) is 42.4 Å². The van der Waals surface area contributed by atoms with E-state index in [-0.39, 0.29) is 47.5 Å². The van der Waals surface area contributed by atoms with E-state index < -0.39 is 34.1 Å². The molecular formula is C34H38N6O7S. The fraction of sp³-hybridized carbons (Fsp3) is 0.294. The number of ether oxygens (including phenoxy) is 2. The third kappa shape index (κ3) is 7.56. The van der Waals surface area contributed by atoms with Crippen LogP contribution in [-0.2, 0) is 10.0 Å². The number of likely N-dealkylation sites (N-methyl/N-ethyl adjacent to an activating group) is 1. The van der Waals surface area contributed by atoms with Gasteiger partial charge < -0.3 is 30.1 Å². The van der Waals surface area contributed by atoms with Crippen molar-refractivity contribution >= 4 is 33.3 Å². The summed E-state index contributed by atoms with van der Waals surface area (Å²) < 4.78 is 39.9. The number of hydrogen-bond acceptors (Lipinski definition) is 9. The molecule has 5 rings (SSSR count). The van der Waals surface area contributed by atoms with Crippen molar-refractivity contribution in [2.24, 2.45) is 5.92 Å². The van der Waals surface area contributed by atoms with E-state index >= 15 is 0 Å². The lowest BCUT2D eigenvalue weighted by atomic mass is 9.99. The maximum atomic E-state index is 13.8. The average molecular weight is 675 g/mol. The molecule has 13 nitrogen and oxygen atoms in total. The topological polar surface area (TPSA) is 163 Å². The molecule has 3 N–H and O–H groups in total. The number of anilines is 2. The van der Waals surface area contributed by atoms with Gasteiger partial charge in [-0.2, -0.15) is 4.31 Å². The molecule has 3 amide bonds.